The molecular weight excluding hydrogens is 332 g/mol. The highest BCUT2D eigenvalue weighted by Gasteiger charge is 2.28. The van der Waals surface area contributed by atoms with Crippen LogP contribution in [-0.2, 0) is 9.53 Å². The fourth-order valence-electron chi connectivity index (χ4n) is 4.22. The van der Waals surface area contributed by atoms with Gasteiger partial charge in [-0.2, -0.15) is 0 Å². The second-order valence-corrected chi connectivity index (χ2v) is 7.91. The highest BCUT2D eigenvalue weighted by atomic mass is 16.5. The van der Waals surface area contributed by atoms with E-state index in [1.807, 2.05) is 4.90 Å². The van der Waals surface area contributed by atoms with Gasteiger partial charge in [-0.25, -0.2) is 4.79 Å². The lowest BCUT2D eigenvalue weighted by Crippen LogP contribution is -2.51. The number of piperidine rings is 1. The summed E-state index contributed by atoms with van der Waals surface area (Å²) >= 11 is 0. The number of hydrogen-bond donors (Lipinski definition) is 1. The predicted molar refractivity (Wildman–Crippen MR) is 100.0 cm³/mol. The number of carbonyl (C=O) groups excluding carboxylic acids is 2. The van der Waals surface area contributed by atoms with E-state index in [1.165, 1.54) is 6.42 Å². The maximum absolute atomic E-state index is 12.6. The van der Waals surface area contributed by atoms with Crippen molar-refractivity contribution in [3.8, 4) is 0 Å². The standard InChI is InChI=1S/C19H34N4O3/c1-2-7-22-8-3-9-23(14-18(22)24)19(25)20-17-4-10-21(11-5-17)13-16-6-12-26-15-16/h16-17H,2-15H2,1H3,(H,20,25)/t16-/m1/s1. The Morgan fingerprint density at radius 2 is 2.00 bits per heavy atom. The van der Waals surface area contributed by atoms with Gasteiger partial charge in [-0.1, -0.05) is 6.92 Å². The van der Waals surface area contributed by atoms with Crippen LogP contribution in [0.25, 0.3) is 0 Å². The number of rotatable bonds is 5. The summed E-state index contributed by atoms with van der Waals surface area (Å²) in [5.74, 6) is 0.753. The molecule has 0 saturated carbocycles. The smallest absolute Gasteiger partial charge is 0.318 e. The second-order valence-electron chi connectivity index (χ2n) is 7.91. The molecule has 3 fully saturated rings. The molecular formula is C19H34N4O3. The van der Waals surface area contributed by atoms with E-state index >= 15 is 0 Å². The molecule has 0 aliphatic carbocycles. The number of likely N-dealkylation sites (tertiary alicyclic amines) is 1. The van der Waals surface area contributed by atoms with Gasteiger partial charge in [0.25, 0.3) is 0 Å². The predicted octanol–water partition coefficient (Wildman–Crippen LogP) is 1.14. The van der Waals surface area contributed by atoms with Crippen molar-refractivity contribution in [3.63, 3.8) is 0 Å². The zero-order valence-corrected chi connectivity index (χ0v) is 16.1. The number of amides is 3. The molecule has 3 aliphatic rings. The van der Waals surface area contributed by atoms with E-state index in [0.29, 0.717) is 12.5 Å². The van der Waals surface area contributed by atoms with Crippen LogP contribution >= 0.6 is 0 Å². The Kier molecular flexibility index (Phi) is 7.14. The minimum atomic E-state index is -0.0701. The summed E-state index contributed by atoms with van der Waals surface area (Å²) in [6.07, 6.45) is 4.98. The molecule has 0 aromatic carbocycles. The first-order valence-corrected chi connectivity index (χ1v) is 10.3. The molecule has 26 heavy (non-hydrogen) atoms. The lowest BCUT2D eigenvalue weighted by atomic mass is 10.0. The van der Waals surface area contributed by atoms with Crippen molar-refractivity contribution in [1.29, 1.82) is 0 Å². The molecule has 1 atom stereocenters. The normalized spacial score (nSPS) is 26.2. The fraction of sp³-hybridized carbons (Fsp3) is 0.895. The minimum absolute atomic E-state index is 0.0701. The molecule has 0 radical (unpaired) electrons. The second kappa shape index (κ2) is 9.55. The zero-order valence-electron chi connectivity index (χ0n) is 16.1. The van der Waals surface area contributed by atoms with Gasteiger partial charge in [-0.05, 0) is 38.0 Å². The van der Waals surface area contributed by atoms with Crippen molar-refractivity contribution in [2.75, 3.05) is 59.0 Å². The molecule has 0 spiro atoms. The molecule has 0 aromatic rings. The minimum Gasteiger partial charge on any atom is -0.381 e. The van der Waals surface area contributed by atoms with Crippen LogP contribution in [0.4, 0.5) is 4.79 Å². The van der Waals surface area contributed by atoms with E-state index in [4.69, 9.17) is 4.74 Å². The van der Waals surface area contributed by atoms with Crippen molar-refractivity contribution >= 4 is 11.9 Å². The Hall–Kier alpha value is -1.34. The highest BCUT2D eigenvalue weighted by Crippen LogP contribution is 2.18. The molecule has 3 heterocycles. The number of ether oxygens (including phenoxy) is 1. The number of carbonyl (C=O) groups is 2. The van der Waals surface area contributed by atoms with Gasteiger partial charge in [0.15, 0.2) is 0 Å². The molecule has 3 amide bonds. The molecule has 3 aliphatic heterocycles. The summed E-state index contributed by atoms with van der Waals surface area (Å²) in [5.41, 5.74) is 0. The van der Waals surface area contributed by atoms with Gasteiger partial charge in [0.05, 0.1) is 6.61 Å². The summed E-state index contributed by atoms with van der Waals surface area (Å²) in [4.78, 5) is 31.0. The Bertz CT molecular complexity index is 473. The van der Waals surface area contributed by atoms with Crippen molar-refractivity contribution in [1.82, 2.24) is 20.0 Å². The van der Waals surface area contributed by atoms with Crippen molar-refractivity contribution in [2.24, 2.45) is 5.92 Å². The van der Waals surface area contributed by atoms with E-state index < -0.39 is 0 Å². The SMILES string of the molecule is CCCN1CCCN(C(=O)NC2CCN(C[C@H]3CCOC3)CC2)CC1=O. The lowest BCUT2D eigenvalue weighted by Gasteiger charge is -2.34. The molecule has 0 aromatic heterocycles. The lowest BCUT2D eigenvalue weighted by molar-refractivity contribution is -0.130. The number of nitrogens with zero attached hydrogens (tertiary/aromatic N) is 3. The monoisotopic (exact) mass is 366 g/mol. The Balaban J connectivity index is 1.40. The molecule has 3 saturated heterocycles. The third-order valence-electron chi connectivity index (χ3n) is 5.77. The van der Waals surface area contributed by atoms with Gasteiger partial charge >= 0.3 is 6.03 Å². The first kappa shape index (κ1) is 19.4. The molecule has 3 rings (SSSR count). The van der Waals surface area contributed by atoms with Crippen molar-refractivity contribution in [2.45, 2.75) is 45.1 Å². The quantitative estimate of drug-likeness (QED) is 0.793. The number of hydrogen-bond acceptors (Lipinski definition) is 4. The van der Waals surface area contributed by atoms with Gasteiger partial charge in [-0.3, -0.25) is 4.79 Å². The third kappa shape index (κ3) is 5.33. The molecule has 7 nitrogen and oxygen atoms in total. The van der Waals surface area contributed by atoms with E-state index in [9.17, 15) is 9.59 Å². The summed E-state index contributed by atoms with van der Waals surface area (Å²) < 4.78 is 5.46. The molecule has 1 N–H and O–H groups in total. The van der Waals surface area contributed by atoms with E-state index in [0.717, 1.165) is 71.6 Å². The molecule has 0 bridgehead atoms. The average molecular weight is 367 g/mol. The van der Waals surface area contributed by atoms with Crippen LogP contribution in [0.2, 0.25) is 0 Å². The van der Waals surface area contributed by atoms with E-state index in [1.54, 1.807) is 4.90 Å². The average Bonchev–Trinajstić information content (AvgIpc) is 3.07. The van der Waals surface area contributed by atoms with Gasteiger partial charge in [0, 0.05) is 51.9 Å². The van der Waals surface area contributed by atoms with Gasteiger partial charge < -0.3 is 24.8 Å². The van der Waals surface area contributed by atoms with Crippen molar-refractivity contribution < 1.29 is 14.3 Å². The first-order chi connectivity index (χ1) is 12.7. The summed E-state index contributed by atoms with van der Waals surface area (Å²) in [7, 11) is 0. The maximum atomic E-state index is 12.6. The van der Waals surface area contributed by atoms with Crippen LogP contribution < -0.4 is 5.32 Å². The largest absolute Gasteiger partial charge is 0.381 e. The van der Waals surface area contributed by atoms with Crippen molar-refractivity contribution in [3.05, 3.63) is 0 Å². The van der Waals surface area contributed by atoms with Crippen LogP contribution in [-0.4, -0.2) is 91.7 Å². The topological polar surface area (TPSA) is 65.1 Å². The van der Waals surface area contributed by atoms with E-state index in [2.05, 4.69) is 17.1 Å². The number of urea groups is 1. The van der Waals surface area contributed by atoms with Crippen LogP contribution in [0.1, 0.15) is 39.0 Å². The van der Waals surface area contributed by atoms with Gasteiger partial charge in [0.1, 0.15) is 6.54 Å². The third-order valence-corrected chi connectivity index (χ3v) is 5.77. The Morgan fingerprint density at radius 1 is 1.19 bits per heavy atom. The molecule has 7 heteroatoms. The zero-order chi connectivity index (χ0) is 18.4. The summed E-state index contributed by atoms with van der Waals surface area (Å²) in [5, 5.41) is 3.16. The fourth-order valence-corrected chi connectivity index (χ4v) is 4.22. The first-order valence-electron chi connectivity index (χ1n) is 10.3. The van der Waals surface area contributed by atoms with Crippen LogP contribution in [0.3, 0.4) is 0 Å². The van der Waals surface area contributed by atoms with Crippen LogP contribution in [0, 0.1) is 5.92 Å². The number of nitrogens with one attached hydrogen (secondary N) is 1. The van der Waals surface area contributed by atoms with Crippen LogP contribution in [0.15, 0.2) is 0 Å². The maximum Gasteiger partial charge on any atom is 0.318 e. The molecule has 0 unspecified atom stereocenters. The molecule has 148 valence electrons. The summed E-state index contributed by atoms with van der Waals surface area (Å²) in [6.45, 7) is 9.50. The van der Waals surface area contributed by atoms with Crippen LogP contribution in [0.5, 0.6) is 0 Å². The highest BCUT2D eigenvalue weighted by molar-refractivity contribution is 5.84. The van der Waals surface area contributed by atoms with Gasteiger partial charge in [-0.15, -0.1) is 0 Å². The van der Waals surface area contributed by atoms with E-state index in [-0.39, 0.29) is 24.5 Å². The summed E-state index contributed by atoms with van der Waals surface area (Å²) in [6, 6.07) is 0.156. The van der Waals surface area contributed by atoms with Gasteiger partial charge in [0.2, 0.25) is 5.91 Å². The Morgan fingerprint density at radius 3 is 2.69 bits per heavy atom. The Labute approximate surface area is 157 Å².